The van der Waals surface area contributed by atoms with Crippen LogP contribution in [0.1, 0.15) is 46.4 Å². The molecule has 0 radical (unpaired) electrons. The van der Waals surface area contributed by atoms with Gasteiger partial charge in [-0.05, 0) is 12.8 Å². The zero-order chi connectivity index (χ0) is 12.6. The minimum atomic E-state index is -1.06. The molecule has 0 atom stereocenters. The van der Waals surface area contributed by atoms with E-state index in [-0.39, 0.29) is 23.3 Å². The van der Waals surface area contributed by atoms with Gasteiger partial charge in [0.2, 0.25) is 0 Å². The van der Waals surface area contributed by atoms with E-state index in [9.17, 15) is 9.59 Å². The summed E-state index contributed by atoms with van der Waals surface area (Å²) in [6.07, 6.45) is 2.48. The molecule has 92 valence electrons. The molecule has 1 N–H and O–H groups in total. The summed E-state index contributed by atoms with van der Waals surface area (Å²) in [6, 6.07) is 1.61. The normalized spacial score (nSPS) is 14.7. The van der Waals surface area contributed by atoms with Gasteiger partial charge >= 0.3 is 5.97 Å². The minimum absolute atomic E-state index is 0.0834. The number of hydrogen-bond acceptors (Lipinski definition) is 3. The van der Waals surface area contributed by atoms with Gasteiger partial charge in [0.25, 0.3) is 5.91 Å². The number of rotatable bonds is 4. The molecule has 0 aliphatic heterocycles. The number of aryl methyl sites for hydroxylation is 1. The molecule has 1 fully saturated rings. The van der Waals surface area contributed by atoms with Gasteiger partial charge in [0.05, 0.1) is 0 Å². The van der Waals surface area contributed by atoms with Crippen LogP contribution in [0.2, 0.25) is 0 Å². The molecule has 0 aromatic carbocycles. The monoisotopic (exact) mass is 237 g/mol. The van der Waals surface area contributed by atoms with Crippen LogP contribution in [-0.4, -0.2) is 35.0 Å². The van der Waals surface area contributed by atoms with Crippen molar-refractivity contribution in [2.75, 3.05) is 7.05 Å². The standard InChI is InChI=1S/C12H15NO4/c1-3-9-8(12(15)16)6-10(17-9)11(14)13(2)7-4-5-7/h6-7H,3-5H2,1-2H3,(H,15,16). The molecule has 1 amide bonds. The number of furan rings is 1. The summed E-state index contributed by atoms with van der Waals surface area (Å²) < 4.78 is 5.31. The average molecular weight is 237 g/mol. The predicted molar refractivity (Wildman–Crippen MR) is 60.2 cm³/mol. The fraction of sp³-hybridized carbons (Fsp3) is 0.500. The van der Waals surface area contributed by atoms with Gasteiger partial charge in [-0.15, -0.1) is 0 Å². The second-order valence-electron chi connectivity index (χ2n) is 4.25. The van der Waals surface area contributed by atoms with Gasteiger partial charge in [-0.1, -0.05) is 6.92 Å². The fourth-order valence-corrected chi connectivity index (χ4v) is 1.78. The van der Waals surface area contributed by atoms with Crippen molar-refractivity contribution in [2.24, 2.45) is 0 Å². The number of carbonyl (C=O) groups excluding carboxylic acids is 1. The third-order valence-corrected chi connectivity index (χ3v) is 2.99. The van der Waals surface area contributed by atoms with Crippen molar-refractivity contribution in [3.8, 4) is 0 Å². The summed E-state index contributed by atoms with van der Waals surface area (Å²) in [6.45, 7) is 1.80. The first-order valence-corrected chi connectivity index (χ1v) is 5.67. The fourth-order valence-electron chi connectivity index (χ4n) is 1.78. The highest BCUT2D eigenvalue weighted by Gasteiger charge is 2.32. The van der Waals surface area contributed by atoms with Crippen LogP contribution in [0, 0.1) is 0 Å². The van der Waals surface area contributed by atoms with Crippen LogP contribution in [0.15, 0.2) is 10.5 Å². The highest BCUT2D eigenvalue weighted by molar-refractivity contribution is 5.96. The Morgan fingerprint density at radius 2 is 2.18 bits per heavy atom. The quantitative estimate of drug-likeness (QED) is 0.866. The largest absolute Gasteiger partial charge is 0.478 e. The van der Waals surface area contributed by atoms with E-state index in [1.807, 2.05) is 0 Å². The van der Waals surface area contributed by atoms with Gasteiger partial charge in [0.15, 0.2) is 5.76 Å². The number of aromatic carboxylic acids is 1. The van der Waals surface area contributed by atoms with E-state index in [0.29, 0.717) is 12.2 Å². The Balaban J connectivity index is 2.26. The Labute approximate surface area is 99.0 Å². The van der Waals surface area contributed by atoms with Gasteiger partial charge in [-0.25, -0.2) is 4.79 Å². The molecule has 17 heavy (non-hydrogen) atoms. The molecule has 0 unspecified atom stereocenters. The van der Waals surface area contributed by atoms with Crippen molar-refractivity contribution >= 4 is 11.9 Å². The van der Waals surface area contributed by atoms with Gasteiger partial charge in [0, 0.05) is 25.6 Å². The molecule has 5 heteroatoms. The van der Waals surface area contributed by atoms with E-state index >= 15 is 0 Å². The van der Waals surface area contributed by atoms with E-state index in [0.717, 1.165) is 12.8 Å². The smallest absolute Gasteiger partial charge is 0.339 e. The number of carbonyl (C=O) groups is 2. The van der Waals surface area contributed by atoms with Crippen LogP contribution in [0.5, 0.6) is 0 Å². The van der Waals surface area contributed by atoms with Gasteiger partial charge in [0.1, 0.15) is 11.3 Å². The molecule has 1 aromatic heterocycles. The number of carboxylic acid groups (broad SMARTS) is 1. The molecule has 1 saturated carbocycles. The van der Waals surface area contributed by atoms with Crippen LogP contribution in [0.3, 0.4) is 0 Å². The third kappa shape index (κ3) is 2.18. The Hall–Kier alpha value is -1.78. The molecule has 0 spiro atoms. The van der Waals surface area contributed by atoms with Crippen LogP contribution in [0.4, 0.5) is 0 Å². The van der Waals surface area contributed by atoms with E-state index in [4.69, 9.17) is 9.52 Å². The maximum Gasteiger partial charge on any atom is 0.339 e. The van der Waals surface area contributed by atoms with Crippen molar-refractivity contribution in [1.82, 2.24) is 4.90 Å². The molecule has 5 nitrogen and oxygen atoms in total. The van der Waals surface area contributed by atoms with Gasteiger partial charge in [-0.2, -0.15) is 0 Å². The summed E-state index contributed by atoms with van der Waals surface area (Å²) >= 11 is 0. The lowest BCUT2D eigenvalue weighted by molar-refractivity contribution is 0.0692. The first kappa shape index (κ1) is 11.7. The predicted octanol–water partition coefficient (Wildman–Crippen LogP) is 1.77. The average Bonchev–Trinajstić information content (AvgIpc) is 3.05. The maximum absolute atomic E-state index is 12.0. The summed E-state index contributed by atoms with van der Waals surface area (Å²) in [5.41, 5.74) is 0.0834. The Bertz CT molecular complexity index is 459. The summed E-state index contributed by atoms with van der Waals surface area (Å²) in [4.78, 5) is 24.5. The topological polar surface area (TPSA) is 70.8 Å². The molecular formula is C12H15NO4. The molecule has 0 bridgehead atoms. The highest BCUT2D eigenvalue weighted by atomic mass is 16.4. The van der Waals surface area contributed by atoms with Crippen molar-refractivity contribution in [3.05, 3.63) is 23.2 Å². The van der Waals surface area contributed by atoms with Crippen molar-refractivity contribution < 1.29 is 19.1 Å². The lowest BCUT2D eigenvalue weighted by atomic mass is 10.2. The Kier molecular flexibility index (Phi) is 2.92. The summed E-state index contributed by atoms with van der Waals surface area (Å²) in [5.74, 6) is -0.827. The van der Waals surface area contributed by atoms with E-state index in [2.05, 4.69) is 0 Å². The molecule has 0 saturated heterocycles. The lowest BCUT2D eigenvalue weighted by Crippen LogP contribution is -2.28. The van der Waals surface area contributed by atoms with Crippen molar-refractivity contribution in [3.63, 3.8) is 0 Å². The number of nitrogens with zero attached hydrogens (tertiary/aromatic N) is 1. The molecule has 1 heterocycles. The first-order chi connectivity index (χ1) is 8.04. The second kappa shape index (κ2) is 4.24. The van der Waals surface area contributed by atoms with Crippen LogP contribution >= 0.6 is 0 Å². The second-order valence-corrected chi connectivity index (χ2v) is 4.25. The molecule has 2 rings (SSSR count). The van der Waals surface area contributed by atoms with Gasteiger partial charge < -0.3 is 14.4 Å². The first-order valence-electron chi connectivity index (χ1n) is 5.67. The Morgan fingerprint density at radius 3 is 2.59 bits per heavy atom. The van der Waals surface area contributed by atoms with Crippen LogP contribution in [-0.2, 0) is 6.42 Å². The number of carboxylic acids is 1. The Morgan fingerprint density at radius 1 is 1.53 bits per heavy atom. The molecular weight excluding hydrogens is 222 g/mol. The zero-order valence-electron chi connectivity index (χ0n) is 9.90. The van der Waals surface area contributed by atoms with E-state index in [1.165, 1.54) is 6.07 Å². The molecule has 1 aliphatic carbocycles. The molecule has 1 aliphatic rings. The van der Waals surface area contributed by atoms with E-state index < -0.39 is 5.97 Å². The third-order valence-electron chi connectivity index (χ3n) is 2.99. The van der Waals surface area contributed by atoms with Crippen LogP contribution < -0.4 is 0 Å². The highest BCUT2D eigenvalue weighted by Crippen LogP contribution is 2.27. The maximum atomic E-state index is 12.0. The van der Waals surface area contributed by atoms with Crippen LogP contribution in [0.25, 0.3) is 0 Å². The molecule has 1 aromatic rings. The SMILES string of the molecule is CCc1oc(C(=O)N(C)C2CC2)cc1C(=O)O. The number of amides is 1. The summed E-state index contributed by atoms with van der Waals surface area (Å²) in [5, 5.41) is 8.97. The summed E-state index contributed by atoms with van der Waals surface area (Å²) in [7, 11) is 1.72. The zero-order valence-corrected chi connectivity index (χ0v) is 9.90. The van der Waals surface area contributed by atoms with E-state index in [1.54, 1.807) is 18.9 Å². The lowest BCUT2D eigenvalue weighted by Gasteiger charge is -2.13. The van der Waals surface area contributed by atoms with Crippen molar-refractivity contribution in [2.45, 2.75) is 32.2 Å². The minimum Gasteiger partial charge on any atom is -0.478 e. The van der Waals surface area contributed by atoms with Crippen molar-refractivity contribution in [1.29, 1.82) is 0 Å². The van der Waals surface area contributed by atoms with Gasteiger partial charge in [-0.3, -0.25) is 4.79 Å². The number of hydrogen-bond donors (Lipinski definition) is 1.